The van der Waals surface area contributed by atoms with Crippen LogP contribution in [0, 0.1) is 5.92 Å². The number of hydrogen-bond acceptors (Lipinski definition) is 3. The van der Waals surface area contributed by atoms with Gasteiger partial charge in [0.25, 0.3) is 0 Å². The molecule has 2 heterocycles. The first-order valence-electron chi connectivity index (χ1n) is 5.47. The van der Waals surface area contributed by atoms with Crippen LogP contribution in [0.5, 0.6) is 0 Å². The molecule has 0 aromatic carbocycles. The molecule has 0 saturated carbocycles. The molecule has 2 aliphatic heterocycles. The summed E-state index contributed by atoms with van der Waals surface area (Å²) in [6, 6.07) is 0.238. The van der Waals surface area contributed by atoms with Gasteiger partial charge in [-0.25, -0.2) is 0 Å². The Morgan fingerprint density at radius 1 is 1.47 bits per heavy atom. The predicted molar refractivity (Wildman–Crippen MR) is 55.2 cm³/mol. The summed E-state index contributed by atoms with van der Waals surface area (Å²) in [5, 5.41) is 5.97. The molecule has 5 heteroatoms. The van der Waals surface area contributed by atoms with Gasteiger partial charge in [0.2, 0.25) is 11.8 Å². The summed E-state index contributed by atoms with van der Waals surface area (Å²) in [6.07, 6.45) is 0.887. The number of piperazine rings is 1. The van der Waals surface area contributed by atoms with E-state index in [1.807, 2.05) is 6.92 Å². The van der Waals surface area contributed by atoms with E-state index in [-0.39, 0.29) is 30.3 Å². The summed E-state index contributed by atoms with van der Waals surface area (Å²) < 4.78 is 0. The van der Waals surface area contributed by atoms with E-state index >= 15 is 0 Å². The third-order valence-corrected chi connectivity index (χ3v) is 3.19. The van der Waals surface area contributed by atoms with Gasteiger partial charge in [-0.05, 0) is 19.9 Å². The molecule has 2 rings (SSSR count). The Bertz CT molecular complexity index is 280. The van der Waals surface area contributed by atoms with Crippen molar-refractivity contribution in [3.8, 4) is 0 Å². The molecule has 2 atom stereocenters. The average Bonchev–Trinajstić information content (AvgIpc) is 2.63. The fourth-order valence-electron chi connectivity index (χ4n) is 2.26. The van der Waals surface area contributed by atoms with Crippen LogP contribution >= 0.6 is 0 Å². The molecule has 0 radical (unpaired) electrons. The van der Waals surface area contributed by atoms with Crippen LogP contribution in [0.4, 0.5) is 0 Å². The van der Waals surface area contributed by atoms with Crippen molar-refractivity contribution in [3.63, 3.8) is 0 Å². The second-order valence-corrected chi connectivity index (χ2v) is 4.25. The van der Waals surface area contributed by atoms with Crippen LogP contribution in [0.2, 0.25) is 0 Å². The molecule has 15 heavy (non-hydrogen) atoms. The molecular weight excluding hydrogens is 194 g/mol. The van der Waals surface area contributed by atoms with Gasteiger partial charge in [0.05, 0.1) is 12.5 Å². The first-order valence-corrected chi connectivity index (χ1v) is 5.47. The first-order chi connectivity index (χ1) is 7.18. The maximum absolute atomic E-state index is 12.1. The molecule has 84 valence electrons. The third kappa shape index (κ3) is 2.12. The van der Waals surface area contributed by atoms with Gasteiger partial charge in [-0.3, -0.25) is 9.59 Å². The summed E-state index contributed by atoms with van der Waals surface area (Å²) in [5.41, 5.74) is 0. The lowest BCUT2D eigenvalue weighted by molar-refractivity contribution is -0.141. The van der Waals surface area contributed by atoms with Gasteiger partial charge < -0.3 is 15.5 Å². The average molecular weight is 211 g/mol. The monoisotopic (exact) mass is 211 g/mol. The molecule has 0 spiro atoms. The standard InChI is InChI=1S/C10H17N3O2/c1-7-8(2-3-11-7)10(15)13-5-4-12-9(14)6-13/h7-8,11H,2-6H2,1H3,(H,12,14). The second kappa shape index (κ2) is 4.18. The second-order valence-electron chi connectivity index (χ2n) is 4.25. The minimum absolute atomic E-state index is 0.0480. The van der Waals surface area contributed by atoms with Crippen molar-refractivity contribution in [2.45, 2.75) is 19.4 Å². The highest BCUT2D eigenvalue weighted by Crippen LogP contribution is 2.18. The van der Waals surface area contributed by atoms with Gasteiger partial charge >= 0.3 is 0 Å². The largest absolute Gasteiger partial charge is 0.353 e. The zero-order chi connectivity index (χ0) is 10.8. The van der Waals surface area contributed by atoms with Crippen LogP contribution in [-0.4, -0.2) is 48.9 Å². The van der Waals surface area contributed by atoms with E-state index in [4.69, 9.17) is 0 Å². The number of nitrogens with one attached hydrogen (secondary N) is 2. The molecule has 2 aliphatic rings. The Kier molecular flexibility index (Phi) is 2.90. The van der Waals surface area contributed by atoms with E-state index < -0.39 is 0 Å². The zero-order valence-electron chi connectivity index (χ0n) is 8.95. The summed E-state index contributed by atoms with van der Waals surface area (Å²) in [7, 11) is 0. The number of carbonyl (C=O) groups excluding carboxylic acids is 2. The lowest BCUT2D eigenvalue weighted by Crippen LogP contribution is -2.52. The predicted octanol–water partition coefficient (Wildman–Crippen LogP) is -1.06. The fourth-order valence-corrected chi connectivity index (χ4v) is 2.26. The Labute approximate surface area is 89.2 Å². The van der Waals surface area contributed by atoms with Crippen molar-refractivity contribution in [2.24, 2.45) is 5.92 Å². The summed E-state index contributed by atoms with van der Waals surface area (Å²) in [6.45, 7) is 4.38. The minimum Gasteiger partial charge on any atom is -0.353 e. The van der Waals surface area contributed by atoms with Gasteiger partial charge in [-0.15, -0.1) is 0 Å². The van der Waals surface area contributed by atoms with E-state index in [0.29, 0.717) is 13.1 Å². The van der Waals surface area contributed by atoms with Crippen molar-refractivity contribution in [1.29, 1.82) is 0 Å². The summed E-state index contributed by atoms with van der Waals surface area (Å²) >= 11 is 0. The SMILES string of the molecule is CC1NCCC1C(=O)N1CCNC(=O)C1. The smallest absolute Gasteiger partial charge is 0.239 e. The lowest BCUT2D eigenvalue weighted by atomic mass is 10.00. The van der Waals surface area contributed by atoms with Gasteiger partial charge in [-0.1, -0.05) is 0 Å². The number of carbonyl (C=O) groups is 2. The van der Waals surface area contributed by atoms with E-state index in [0.717, 1.165) is 13.0 Å². The van der Waals surface area contributed by atoms with E-state index in [1.165, 1.54) is 0 Å². The van der Waals surface area contributed by atoms with Crippen LogP contribution < -0.4 is 10.6 Å². The number of amides is 2. The normalized spacial score (nSPS) is 31.5. The fraction of sp³-hybridized carbons (Fsp3) is 0.800. The molecule has 2 fully saturated rings. The molecule has 2 amide bonds. The number of rotatable bonds is 1. The quantitative estimate of drug-likeness (QED) is 0.581. The minimum atomic E-state index is -0.0480. The molecule has 0 bridgehead atoms. The van der Waals surface area contributed by atoms with E-state index in [1.54, 1.807) is 4.90 Å². The van der Waals surface area contributed by atoms with E-state index in [2.05, 4.69) is 10.6 Å². The van der Waals surface area contributed by atoms with Gasteiger partial charge in [-0.2, -0.15) is 0 Å². The van der Waals surface area contributed by atoms with Crippen LogP contribution in [0.25, 0.3) is 0 Å². The lowest BCUT2D eigenvalue weighted by Gasteiger charge is -2.30. The molecule has 0 aromatic rings. The molecule has 2 saturated heterocycles. The highest BCUT2D eigenvalue weighted by atomic mass is 16.2. The third-order valence-electron chi connectivity index (χ3n) is 3.19. The molecule has 0 aliphatic carbocycles. The summed E-state index contributed by atoms with van der Waals surface area (Å²) in [5.74, 6) is 0.131. The first kappa shape index (κ1) is 10.4. The van der Waals surface area contributed by atoms with Gasteiger partial charge in [0.1, 0.15) is 0 Å². The Balaban J connectivity index is 1.97. The van der Waals surface area contributed by atoms with Crippen LogP contribution in [0.1, 0.15) is 13.3 Å². The molecule has 2 unspecified atom stereocenters. The molecule has 0 aromatic heterocycles. The van der Waals surface area contributed by atoms with Crippen molar-refractivity contribution in [2.75, 3.05) is 26.2 Å². The van der Waals surface area contributed by atoms with Crippen molar-refractivity contribution >= 4 is 11.8 Å². The molecule has 5 nitrogen and oxygen atoms in total. The Morgan fingerprint density at radius 2 is 2.27 bits per heavy atom. The Morgan fingerprint density at radius 3 is 2.87 bits per heavy atom. The van der Waals surface area contributed by atoms with Crippen LogP contribution in [-0.2, 0) is 9.59 Å². The maximum Gasteiger partial charge on any atom is 0.239 e. The maximum atomic E-state index is 12.1. The number of hydrogen-bond donors (Lipinski definition) is 2. The molecule has 2 N–H and O–H groups in total. The van der Waals surface area contributed by atoms with Crippen LogP contribution in [0.15, 0.2) is 0 Å². The highest BCUT2D eigenvalue weighted by molar-refractivity contribution is 5.87. The van der Waals surface area contributed by atoms with E-state index in [9.17, 15) is 9.59 Å². The molecular formula is C10H17N3O2. The van der Waals surface area contributed by atoms with Crippen molar-refractivity contribution in [1.82, 2.24) is 15.5 Å². The van der Waals surface area contributed by atoms with Crippen molar-refractivity contribution < 1.29 is 9.59 Å². The van der Waals surface area contributed by atoms with Gasteiger partial charge in [0.15, 0.2) is 0 Å². The topological polar surface area (TPSA) is 61.4 Å². The zero-order valence-corrected chi connectivity index (χ0v) is 8.95. The van der Waals surface area contributed by atoms with Crippen LogP contribution in [0.3, 0.4) is 0 Å². The van der Waals surface area contributed by atoms with Crippen molar-refractivity contribution in [3.05, 3.63) is 0 Å². The number of nitrogens with zero attached hydrogens (tertiary/aromatic N) is 1. The van der Waals surface area contributed by atoms with Gasteiger partial charge in [0, 0.05) is 19.1 Å². The highest BCUT2D eigenvalue weighted by Gasteiger charge is 2.34. The summed E-state index contributed by atoms with van der Waals surface area (Å²) in [4.78, 5) is 24.9. The Hall–Kier alpha value is -1.10.